The Balaban J connectivity index is 2.04. The molecule has 0 N–H and O–H groups in total. The Kier molecular flexibility index (Phi) is 5.48. The molecule has 0 radical (unpaired) electrons. The number of hydrogen-bond donors (Lipinski definition) is 0. The van der Waals surface area contributed by atoms with Crippen LogP contribution in [0.1, 0.15) is 33.6 Å². The van der Waals surface area contributed by atoms with E-state index in [1.54, 1.807) is 25.7 Å². The van der Waals surface area contributed by atoms with E-state index >= 15 is 0 Å². The quantitative estimate of drug-likeness (QED) is 0.465. The molecule has 1 fully saturated rings. The Labute approximate surface area is 144 Å². The number of likely N-dealkylation sites (tertiary alicyclic amines) is 1. The third-order valence-electron chi connectivity index (χ3n) is 3.42. The average molecular weight is 358 g/mol. The molecule has 2 heterocycles. The number of pyridine rings is 1. The third-order valence-corrected chi connectivity index (χ3v) is 3.63. The topological polar surface area (TPSA) is 94.8 Å². The highest BCUT2D eigenvalue weighted by molar-refractivity contribution is 6.29. The molecule has 0 spiro atoms. The molecule has 1 saturated heterocycles. The lowest BCUT2D eigenvalue weighted by Crippen LogP contribution is -2.42. The molecule has 24 heavy (non-hydrogen) atoms. The zero-order valence-electron chi connectivity index (χ0n) is 13.8. The fourth-order valence-corrected chi connectivity index (χ4v) is 2.54. The van der Waals surface area contributed by atoms with E-state index in [2.05, 4.69) is 4.98 Å². The largest absolute Gasteiger partial charge is 0.471 e. The molecule has 0 aliphatic carbocycles. The molecule has 0 aromatic carbocycles. The van der Waals surface area contributed by atoms with Gasteiger partial charge in [0.15, 0.2) is 0 Å². The van der Waals surface area contributed by atoms with Crippen LogP contribution in [0.15, 0.2) is 12.1 Å². The average Bonchev–Trinajstić information content (AvgIpc) is 2.91. The molecule has 1 amide bonds. The van der Waals surface area contributed by atoms with Crippen molar-refractivity contribution >= 4 is 23.4 Å². The van der Waals surface area contributed by atoms with Crippen LogP contribution in [0.25, 0.3) is 0 Å². The summed E-state index contributed by atoms with van der Waals surface area (Å²) in [6.07, 6.45) is 1.13. The molecular formula is C15H20ClN3O5. The summed E-state index contributed by atoms with van der Waals surface area (Å²) in [6.45, 7) is 6.05. The van der Waals surface area contributed by atoms with E-state index in [4.69, 9.17) is 21.1 Å². The van der Waals surface area contributed by atoms with Crippen LogP contribution in [0.3, 0.4) is 0 Å². The van der Waals surface area contributed by atoms with Gasteiger partial charge in [-0.1, -0.05) is 11.6 Å². The number of amides is 1. The number of aromatic nitrogens is 1. The highest BCUT2D eigenvalue weighted by Crippen LogP contribution is 2.28. The molecule has 9 heteroatoms. The van der Waals surface area contributed by atoms with Crippen molar-refractivity contribution in [1.82, 2.24) is 9.88 Å². The number of carbonyl (C=O) groups is 1. The summed E-state index contributed by atoms with van der Waals surface area (Å²) >= 11 is 5.77. The summed E-state index contributed by atoms with van der Waals surface area (Å²) in [4.78, 5) is 28.1. The van der Waals surface area contributed by atoms with Gasteiger partial charge in [0.05, 0.1) is 11.0 Å². The lowest BCUT2D eigenvalue weighted by Gasteiger charge is -2.28. The van der Waals surface area contributed by atoms with Crippen LogP contribution in [0.2, 0.25) is 5.15 Å². The summed E-state index contributed by atoms with van der Waals surface area (Å²) in [5.41, 5.74) is -0.848. The van der Waals surface area contributed by atoms with Crippen LogP contribution >= 0.6 is 11.6 Å². The number of rotatable bonds is 4. The Hall–Kier alpha value is -2.09. The SMILES string of the molecule is CC(C)(C)OC(=O)N1CCC[C@@H]1COc1nc(Cl)ccc1[N+](=O)[O-]. The first-order valence-electron chi connectivity index (χ1n) is 7.61. The zero-order valence-corrected chi connectivity index (χ0v) is 14.6. The van der Waals surface area contributed by atoms with Crippen molar-refractivity contribution in [3.8, 4) is 5.88 Å². The fourth-order valence-electron chi connectivity index (χ4n) is 2.40. The van der Waals surface area contributed by atoms with E-state index < -0.39 is 16.6 Å². The summed E-state index contributed by atoms with van der Waals surface area (Å²) in [5, 5.41) is 11.1. The van der Waals surface area contributed by atoms with Crippen molar-refractivity contribution in [3.05, 3.63) is 27.4 Å². The zero-order chi connectivity index (χ0) is 17.9. The first-order valence-corrected chi connectivity index (χ1v) is 7.98. The van der Waals surface area contributed by atoms with Crippen LogP contribution < -0.4 is 4.74 Å². The molecule has 8 nitrogen and oxygen atoms in total. The minimum atomic E-state index is -0.585. The Morgan fingerprint density at radius 3 is 2.83 bits per heavy atom. The van der Waals surface area contributed by atoms with Crippen LogP contribution in [0.5, 0.6) is 5.88 Å². The molecule has 1 aromatic heterocycles. The van der Waals surface area contributed by atoms with Crippen LogP contribution in [-0.2, 0) is 4.74 Å². The van der Waals surface area contributed by atoms with Crippen molar-refractivity contribution < 1.29 is 19.2 Å². The van der Waals surface area contributed by atoms with E-state index in [-0.39, 0.29) is 29.4 Å². The van der Waals surface area contributed by atoms with Crippen molar-refractivity contribution in [1.29, 1.82) is 0 Å². The van der Waals surface area contributed by atoms with Crippen molar-refractivity contribution in [3.63, 3.8) is 0 Å². The van der Waals surface area contributed by atoms with Crippen molar-refractivity contribution in [2.75, 3.05) is 13.2 Å². The molecule has 1 atom stereocenters. The summed E-state index contributed by atoms with van der Waals surface area (Å²) in [5.74, 6) is -0.150. The molecule has 0 unspecified atom stereocenters. The highest BCUT2D eigenvalue weighted by atomic mass is 35.5. The van der Waals surface area contributed by atoms with E-state index in [9.17, 15) is 14.9 Å². The van der Waals surface area contributed by atoms with Crippen molar-refractivity contribution in [2.45, 2.75) is 45.3 Å². The molecule has 1 aliphatic rings. The van der Waals surface area contributed by atoms with Crippen LogP contribution in [-0.4, -0.2) is 45.7 Å². The normalized spacial score (nSPS) is 17.7. The summed E-state index contributed by atoms with van der Waals surface area (Å²) in [7, 11) is 0. The van der Waals surface area contributed by atoms with Crippen molar-refractivity contribution in [2.24, 2.45) is 0 Å². The molecular weight excluding hydrogens is 338 g/mol. The summed E-state index contributed by atoms with van der Waals surface area (Å²) in [6, 6.07) is 2.35. The van der Waals surface area contributed by atoms with Gasteiger partial charge in [-0.3, -0.25) is 10.1 Å². The Bertz CT molecular complexity index is 632. The molecule has 0 bridgehead atoms. The van der Waals surface area contributed by atoms with Gasteiger partial charge in [0, 0.05) is 12.6 Å². The van der Waals surface area contributed by atoms with Gasteiger partial charge in [-0.2, -0.15) is 4.98 Å². The van der Waals surface area contributed by atoms with Gasteiger partial charge in [-0.05, 0) is 39.7 Å². The van der Waals surface area contributed by atoms with E-state index in [0.29, 0.717) is 6.54 Å². The number of nitro groups is 1. The molecule has 2 rings (SSSR count). The van der Waals surface area contributed by atoms with Gasteiger partial charge < -0.3 is 14.4 Å². The highest BCUT2D eigenvalue weighted by Gasteiger charge is 2.33. The second-order valence-electron chi connectivity index (χ2n) is 6.50. The van der Waals surface area contributed by atoms with E-state index in [1.807, 2.05) is 0 Å². The number of ether oxygens (including phenoxy) is 2. The predicted octanol–water partition coefficient (Wildman–Crippen LogP) is 3.42. The lowest BCUT2D eigenvalue weighted by molar-refractivity contribution is -0.386. The Morgan fingerprint density at radius 2 is 2.21 bits per heavy atom. The second-order valence-corrected chi connectivity index (χ2v) is 6.88. The molecule has 132 valence electrons. The van der Waals surface area contributed by atoms with Crippen LogP contribution in [0.4, 0.5) is 10.5 Å². The van der Waals surface area contributed by atoms with E-state index in [1.165, 1.54) is 12.1 Å². The van der Waals surface area contributed by atoms with Crippen LogP contribution in [0, 0.1) is 10.1 Å². The van der Waals surface area contributed by atoms with Gasteiger partial charge in [0.25, 0.3) is 5.88 Å². The molecule has 0 saturated carbocycles. The molecule has 1 aromatic rings. The maximum absolute atomic E-state index is 12.2. The number of hydrogen-bond acceptors (Lipinski definition) is 6. The minimum Gasteiger partial charge on any atom is -0.471 e. The predicted molar refractivity (Wildman–Crippen MR) is 87.4 cm³/mol. The number of carbonyl (C=O) groups excluding carboxylic acids is 1. The smallest absolute Gasteiger partial charge is 0.410 e. The van der Waals surface area contributed by atoms with E-state index in [0.717, 1.165) is 12.8 Å². The maximum Gasteiger partial charge on any atom is 0.410 e. The number of halogens is 1. The number of nitrogens with zero attached hydrogens (tertiary/aromatic N) is 3. The third kappa shape index (κ3) is 4.70. The van der Waals surface area contributed by atoms with Gasteiger partial charge >= 0.3 is 11.8 Å². The minimum absolute atomic E-state index is 0.0907. The van der Waals surface area contributed by atoms with Gasteiger partial charge in [-0.25, -0.2) is 4.79 Å². The molecule has 1 aliphatic heterocycles. The maximum atomic E-state index is 12.2. The van der Waals surface area contributed by atoms with Gasteiger partial charge in [-0.15, -0.1) is 0 Å². The first-order chi connectivity index (χ1) is 11.2. The van der Waals surface area contributed by atoms with Gasteiger partial charge in [0.2, 0.25) is 0 Å². The first kappa shape index (κ1) is 18.3. The Morgan fingerprint density at radius 1 is 1.50 bits per heavy atom. The summed E-state index contributed by atoms with van der Waals surface area (Å²) < 4.78 is 10.9. The fraction of sp³-hybridized carbons (Fsp3) is 0.600. The standard InChI is InChI=1S/C15H20ClN3O5/c1-15(2,3)24-14(20)18-8-4-5-10(18)9-23-13-11(19(21)22)6-7-12(16)17-13/h6-7,10H,4-5,8-9H2,1-3H3/t10-/m1/s1. The second kappa shape index (κ2) is 7.21. The monoisotopic (exact) mass is 357 g/mol. The van der Waals surface area contributed by atoms with Gasteiger partial charge in [0.1, 0.15) is 17.4 Å². The lowest BCUT2D eigenvalue weighted by atomic mass is 10.2.